The molecular weight excluding hydrogens is 96.1 g/mol. The van der Waals surface area contributed by atoms with Gasteiger partial charge in [-0.05, 0) is 18.4 Å². The van der Waals surface area contributed by atoms with Crippen molar-refractivity contribution in [1.82, 2.24) is 0 Å². The molecule has 0 saturated carbocycles. The lowest BCUT2D eigenvalue weighted by molar-refractivity contribution is 0.664. The van der Waals surface area contributed by atoms with Crippen LogP contribution in [0.15, 0.2) is 12.2 Å². The Morgan fingerprint density at radius 3 is 2.62 bits per heavy atom. The van der Waals surface area contributed by atoms with Crippen molar-refractivity contribution < 1.29 is 0 Å². The average Bonchev–Trinajstić information content (AvgIpc) is 1.66. The van der Waals surface area contributed by atoms with E-state index in [1.54, 1.807) is 6.08 Å². The topological polar surface area (TPSA) is 0 Å². The van der Waals surface area contributed by atoms with E-state index in [4.69, 9.17) is 6.42 Å². The van der Waals surface area contributed by atoms with Crippen LogP contribution in [0, 0.1) is 18.3 Å². The molecule has 8 heavy (non-hydrogen) atoms. The monoisotopic (exact) mass is 108 g/mol. The summed E-state index contributed by atoms with van der Waals surface area (Å²) in [4.78, 5) is 0. The largest absolute Gasteiger partial charge is 0.115 e. The predicted octanol–water partition coefficient (Wildman–Crippen LogP) is 2.22. The molecule has 0 spiro atoms. The Bertz CT molecular complexity index is 102. The van der Waals surface area contributed by atoms with Gasteiger partial charge in [-0.15, -0.1) is 6.42 Å². The van der Waals surface area contributed by atoms with Gasteiger partial charge in [-0.2, -0.15) is 0 Å². The second-order valence-electron chi connectivity index (χ2n) is 2.20. The quantitative estimate of drug-likeness (QED) is 0.476. The molecule has 0 saturated heterocycles. The lowest BCUT2D eigenvalue weighted by Crippen LogP contribution is -1.80. The van der Waals surface area contributed by atoms with Gasteiger partial charge in [0, 0.05) is 0 Å². The third-order valence-electron chi connectivity index (χ3n) is 0.822. The molecule has 0 amide bonds. The van der Waals surface area contributed by atoms with Crippen LogP contribution in [0.3, 0.4) is 0 Å². The first-order valence-corrected chi connectivity index (χ1v) is 2.88. The molecule has 0 bridgehead atoms. The zero-order valence-electron chi connectivity index (χ0n) is 5.52. The van der Waals surface area contributed by atoms with Crippen LogP contribution in [0.4, 0.5) is 0 Å². The highest BCUT2D eigenvalue weighted by Gasteiger charge is 1.84. The molecule has 0 aromatic carbocycles. The van der Waals surface area contributed by atoms with E-state index in [1.165, 1.54) is 0 Å². The Hall–Kier alpha value is -0.700. The predicted molar refractivity (Wildman–Crippen MR) is 37.4 cm³/mol. The lowest BCUT2D eigenvalue weighted by Gasteiger charge is -1.93. The number of hydrogen-bond donors (Lipinski definition) is 0. The van der Waals surface area contributed by atoms with Gasteiger partial charge in [0.25, 0.3) is 0 Å². The fraction of sp³-hybridized carbons (Fsp3) is 0.500. The molecule has 0 fully saturated rings. The van der Waals surface area contributed by atoms with Gasteiger partial charge in [0.05, 0.1) is 0 Å². The van der Waals surface area contributed by atoms with Crippen molar-refractivity contribution in [2.24, 2.45) is 5.92 Å². The fourth-order valence-corrected chi connectivity index (χ4v) is 0.408. The second kappa shape index (κ2) is 4.46. The zero-order chi connectivity index (χ0) is 6.41. The summed E-state index contributed by atoms with van der Waals surface area (Å²) in [6.07, 6.45) is 9.83. The highest BCUT2D eigenvalue weighted by molar-refractivity contribution is 5.08. The molecule has 0 heteroatoms. The van der Waals surface area contributed by atoms with E-state index in [9.17, 15) is 0 Å². The van der Waals surface area contributed by atoms with Crippen molar-refractivity contribution in [2.75, 3.05) is 0 Å². The van der Waals surface area contributed by atoms with Crippen molar-refractivity contribution in [3.05, 3.63) is 12.2 Å². The molecule has 0 N–H and O–H groups in total. The number of hydrogen-bond acceptors (Lipinski definition) is 0. The van der Waals surface area contributed by atoms with E-state index in [0.717, 1.165) is 12.3 Å². The summed E-state index contributed by atoms with van der Waals surface area (Å²) >= 11 is 0. The van der Waals surface area contributed by atoms with Crippen LogP contribution in [0.5, 0.6) is 0 Å². The first-order chi connectivity index (χ1) is 3.77. The van der Waals surface area contributed by atoms with Crippen molar-refractivity contribution in [2.45, 2.75) is 20.3 Å². The van der Waals surface area contributed by atoms with E-state index in [-0.39, 0.29) is 0 Å². The van der Waals surface area contributed by atoms with Crippen molar-refractivity contribution in [3.63, 3.8) is 0 Å². The van der Waals surface area contributed by atoms with Crippen LogP contribution in [-0.4, -0.2) is 0 Å². The minimum atomic E-state index is 0.722. The normalized spacial score (nSPS) is 10.2. The SMILES string of the molecule is C#C/C=C/CC(C)C. The van der Waals surface area contributed by atoms with Crippen LogP contribution in [0.2, 0.25) is 0 Å². The van der Waals surface area contributed by atoms with Crippen molar-refractivity contribution >= 4 is 0 Å². The van der Waals surface area contributed by atoms with E-state index in [2.05, 4.69) is 19.8 Å². The third kappa shape index (κ3) is 5.30. The van der Waals surface area contributed by atoms with Gasteiger partial charge in [-0.1, -0.05) is 25.8 Å². The maximum Gasteiger partial charge on any atom is -0.0161 e. The smallest absolute Gasteiger partial charge is 0.0161 e. The Balaban J connectivity index is 3.19. The first-order valence-electron chi connectivity index (χ1n) is 2.88. The molecule has 0 aromatic heterocycles. The Kier molecular flexibility index (Phi) is 4.07. The minimum absolute atomic E-state index is 0.722. The molecule has 0 unspecified atom stereocenters. The first kappa shape index (κ1) is 7.30. The highest BCUT2D eigenvalue weighted by Crippen LogP contribution is 1.98. The molecule has 0 nitrogen and oxygen atoms in total. The standard InChI is InChI=1S/C8H12/c1-4-5-6-7-8(2)3/h1,5-6,8H,7H2,2-3H3/b6-5+. The van der Waals surface area contributed by atoms with Crippen LogP contribution >= 0.6 is 0 Å². The fourth-order valence-electron chi connectivity index (χ4n) is 0.408. The Labute approximate surface area is 51.6 Å². The summed E-state index contributed by atoms with van der Waals surface area (Å²) in [5, 5.41) is 0. The maximum absolute atomic E-state index is 4.98. The van der Waals surface area contributed by atoms with Gasteiger partial charge in [0.1, 0.15) is 0 Å². The molecule has 0 aliphatic carbocycles. The third-order valence-corrected chi connectivity index (χ3v) is 0.822. The van der Waals surface area contributed by atoms with Crippen LogP contribution in [0.25, 0.3) is 0 Å². The number of allylic oxidation sites excluding steroid dienone is 2. The van der Waals surface area contributed by atoms with Crippen LogP contribution < -0.4 is 0 Å². The van der Waals surface area contributed by atoms with Crippen molar-refractivity contribution in [1.29, 1.82) is 0 Å². The molecule has 0 atom stereocenters. The maximum atomic E-state index is 4.98. The highest BCUT2D eigenvalue weighted by atomic mass is 13.9. The molecule has 44 valence electrons. The number of rotatable bonds is 2. The Morgan fingerprint density at radius 1 is 1.62 bits per heavy atom. The summed E-state index contributed by atoms with van der Waals surface area (Å²) in [7, 11) is 0. The van der Waals surface area contributed by atoms with Crippen LogP contribution in [-0.2, 0) is 0 Å². The molecule has 0 radical (unpaired) electrons. The summed E-state index contributed by atoms with van der Waals surface area (Å²) in [5.41, 5.74) is 0. The molecular formula is C8H12. The lowest BCUT2D eigenvalue weighted by atomic mass is 10.1. The van der Waals surface area contributed by atoms with Crippen molar-refractivity contribution in [3.8, 4) is 12.3 Å². The summed E-state index contributed by atoms with van der Waals surface area (Å²) < 4.78 is 0. The van der Waals surface area contributed by atoms with Gasteiger partial charge in [-0.25, -0.2) is 0 Å². The zero-order valence-corrected chi connectivity index (χ0v) is 5.52. The summed E-state index contributed by atoms with van der Waals surface area (Å²) in [6.45, 7) is 4.34. The second-order valence-corrected chi connectivity index (χ2v) is 2.20. The van der Waals surface area contributed by atoms with Crippen LogP contribution in [0.1, 0.15) is 20.3 Å². The van der Waals surface area contributed by atoms with Gasteiger partial charge >= 0.3 is 0 Å². The van der Waals surface area contributed by atoms with E-state index in [0.29, 0.717) is 0 Å². The van der Waals surface area contributed by atoms with E-state index in [1.807, 2.05) is 6.08 Å². The molecule has 0 aliphatic heterocycles. The van der Waals surface area contributed by atoms with Gasteiger partial charge in [-0.3, -0.25) is 0 Å². The van der Waals surface area contributed by atoms with E-state index < -0.39 is 0 Å². The molecule has 0 rings (SSSR count). The molecule has 0 aromatic rings. The van der Waals surface area contributed by atoms with Gasteiger partial charge < -0.3 is 0 Å². The molecule has 0 aliphatic rings. The summed E-state index contributed by atoms with van der Waals surface area (Å²) in [5.74, 6) is 3.16. The minimum Gasteiger partial charge on any atom is -0.115 e. The number of terminal acetylenes is 1. The van der Waals surface area contributed by atoms with Gasteiger partial charge in [0.15, 0.2) is 0 Å². The summed E-state index contributed by atoms with van der Waals surface area (Å²) in [6, 6.07) is 0. The van der Waals surface area contributed by atoms with Gasteiger partial charge in [0.2, 0.25) is 0 Å². The average molecular weight is 108 g/mol. The Morgan fingerprint density at radius 2 is 2.25 bits per heavy atom. The van der Waals surface area contributed by atoms with E-state index >= 15 is 0 Å². The molecule has 0 heterocycles.